The van der Waals surface area contributed by atoms with Crippen molar-refractivity contribution in [2.24, 2.45) is 0 Å². The predicted molar refractivity (Wildman–Crippen MR) is 77.9 cm³/mol. The predicted octanol–water partition coefficient (Wildman–Crippen LogP) is 3.11. The minimum atomic E-state index is 0.588. The van der Waals surface area contributed by atoms with E-state index in [9.17, 15) is 0 Å². The Morgan fingerprint density at radius 1 is 1.26 bits per heavy atom. The van der Waals surface area contributed by atoms with Crippen LogP contribution in [0.2, 0.25) is 0 Å². The summed E-state index contributed by atoms with van der Waals surface area (Å²) < 4.78 is 1.79. The SMILES string of the molecule is ClCCN(c1ccn2nccc2n1)C1CCCCC1. The van der Waals surface area contributed by atoms with Gasteiger partial charge in [0.1, 0.15) is 5.82 Å². The number of nitrogens with zero attached hydrogens (tertiary/aromatic N) is 4. The molecular weight excluding hydrogens is 260 g/mol. The fourth-order valence-corrected chi connectivity index (χ4v) is 3.11. The van der Waals surface area contributed by atoms with Gasteiger partial charge in [0.15, 0.2) is 5.65 Å². The van der Waals surface area contributed by atoms with Crippen molar-refractivity contribution in [3.05, 3.63) is 24.5 Å². The molecule has 1 aliphatic carbocycles. The van der Waals surface area contributed by atoms with Gasteiger partial charge in [-0.05, 0) is 18.9 Å². The van der Waals surface area contributed by atoms with Gasteiger partial charge in [-0.1, -0.05) is 19.3 Å². The third-order valence-corrected chi connectivity index (χ3v) is 4.05. The number of rotatable bonds is 4. The Balaban J connectivity index is 1.88. The van der Waals surface area contributed by atoms with E-state index < -0.39 is 0 Å². The Morgan fingerprint density at radius 3 is 2.89 bits per heavy atom. The van der Waals surface area contributed by atoms with Crippen molar-refractivity contribution in [3.63, 3.8) is 0 Å². The molecule has 2 aromatic rings. The Hall–Kier alpha value is -1.29. The van der Waals surface area contributed by atoms with E-state index in [-0.39, 0.29) is 0 Å². The molecule has 0 aliphatic heterocycles. The molecule has 0 spiro atoms. The first-order valence-corrected chi connectivity index (χ1v) is 7.55. The minimum Gasteiger partial charge on any atom is -0.352 e. The van der Waals surface area contributed by atoms with Gasteiger partial charge in [0.2, 0.25) is 0 Å². The van der Waals surface area contributed by atoms with Crippen LogP contribution in [0.5, 0.6) is 0 Å². The Morgan fingerprint density at radius 2 is 2.11 bits per heavy atom. The van der Waals surface area contributed by atoms with E-state index >= 15 is 0 Å². The number of halogens is 1. The van der Waals surface area contributed by atoms with Crippen molar-refractivity contribution in [1.82, 2.24) is 14.6 Å². The summed E-state index contributed by atoms with van der Waals surface area (Å²) in [6, 6.07) is 4.56. The Kier molecular flexibility index (Phi) is 3.87. The van der Waals surface area contributed by atoms with E-state index in [1.54, 1.807) is 10.7 Å². The van der Waals surface area contributed by atoms with Crippen molar-refractivity contribution < 1.29 is 0 Å². The first kappa shape index (κ1) is 12.7. The molecule has 102 valence electrons. The summed E-state index contributed by atoms with van der Waals surface area (Å²) in [5.41, 5.74) is 0.896. The zero-order valence-corrected chi connectivity index (χ0v) is 11.8. The largest absolute Gasteiger partial charge is 0.352 e. The minimum absolute atomic E-state index is 0.588. The summed E-state index contributed by atoms with van der Waals surface area (Å²) in [5, 5.41) is 4.19. The van der Waals surface area contributed by atoms with Crippen LogP contribution in [-0.2, 0) is 0 Å². The van der Waals surface area contributed by atoms with Crippen LogP contribution in [0.25, 0.3) is 5.65 Å². The maximum absolute atomic E-state index is 5.98. The summed E-state index contributed by atoms with van der Waals surface area (Å²) in [6.07, 6.45) is 10.3. The fourth-order valence-electron chi connectivity index (χ4n) is 2.93. The quantitative estimate of drug-likeness (QED) is 0.806. The second kappa shape index (κ2) is 5.78. The molecule has 2 aromatic heterocycles. The molecule has 1 fully saturated rings. The highest BCUT2D eigenvalue weighted by Gasteiger charge is 2.22. The molecule has 3 rings (SSSR count). The molecular formula is C14H19ClN4. The molecule has 0 unspecified atom stereocenters. The van der Waals surface area contributed by atoms with Crippen LogP contribution in [-0.4, -0.2) is 33.1 Å². The second-order valence-corrected chi connectivity index (χ2v) is 5.47. The summed E-state index contributed by atoms with van der Waals surface area (Å²) in [6.45, 7) is 0.865. The zero-order valence-electron chi connectivity index (χ0n) is 11.0. The van der Waals surface area contributed by atoms with Crippen molar-refractivity contribution in [1.29, 1.82) is 0 Å². The van der Waals surface area contributed by atoms with Crippen LogP contribution in [0.4, 0.5) is 5.82 Å². The lowest BCUT2D eigenvalue weighted by Gasteiger charge is -2.34. The fraction of sp³-hybridized carbons (Fsp3) is 0.571. The first-order valence-electron chi connectivity index (χ1n) is 7.01. The molecule has 5 heteroatoms. The van der Waals surface area contributed by atoms with E-state index in [2.05, 4.69) is 10.00 Å². The maximum atomic E-state index is 5.98. The van der Waals surface area contributed by atoms with Crippen LogP contribution in [0.1, 0.15) is 32.1 Å². The normalized spacial score (nSPS) is 16.9. The highest BCUT2D eigenvalue weighted by atomic mass is 35.5. The van der Waals surface area contributed by atoms with Crippen LogP contribution in [0, 0.1) is 0 Å². The van der Waals surface area contributed by atoms with Gasteiger partial charge in [-0.25, -0.2) is 9.50 Å². The van der Waals surface area contributed by atoms with Gasteiger partial charge < -0.3 is 4.90 Å². The number of alkyl halides is 1. The number of anilines is 1. The monoisotopic (exact) mass is 278 g/mol. The highest BCUT2D eigenvalue weighted by Crippen LogP contribution is 2.26. The van der Waals surface area contributed by atoms with Crippen LogP contribution in [0.15, 0.2) is 24.5 Å². The Labute approximate surface area is 118 Å². The molecule has 0 saturated heterocycles. The van der Waals surface area contributed by atoms with Crippen LogP contribution >= 0.6 is 11.6 Å². The van der Waals surface area contributed by atoms with E-state index in [0.29, 0.717) is 11.9 Å². The average molecular weight is 279 g/mol. The van der Waals surface area contributed by atoms with Crippen molar-refractivity contribution in [2.45, 2.75) is 38.1 Å². The summed E-state index contributed by atoms with van der Waals surface area (Å²) >= 11 is 5.98. The van der Waals surface area contributed by atoms with Gasteiger partial charge in [-0.3, -0.25) is 0 Å². The van der Waals surface area contributed by atoms with Crippen molar-refractivity contribution in [3.8, 4) is 0 Å². The van der Waals surface area contributed by atoms with Crippen molar-refractivity contribution >= 4 is 23.1 Å². The van der Waals surface area contributed by atoms with Gasteiger partial charge in [0.25, 0.3) is 0 Å². The van der Waals surface area contributed by atoms with E-state index in [0.717, 1.165) is 18.0 Å². The molecule has 4 nitrogen and oxygen atoms in total. The number of aromatic nitrogens is 3. The Bertz CT molecular complexity index is 533. The molecule has 0 bridgehead atoms. The smallest absolute Gasteiger partial charge is 0.157 e. The lowest BCUT2D eigenvalue weighted by Crippen LogP contribution is -2.38. The van der Waals surface area contributed by atoms with Crippen LogP contribution < -0.4 is 4.90 Å². The lowest BCUT2D eigenvalue weighted by molar-refractivity contribution is 0.417. The van der Waals surface area contributed by atoms with Gasteiger partial charge in [0, 0.05) is 30.7 Å². The van der Waals surface area contributed by atoms with E-state index in [1.807, 2.05) is 18.3 Å². The third kappa shape index (κ3) is 2.68. The number of hydrogen-bond acceptors (Lipinski definition) is 3. The average Bonchev–Trinajstić information content (AvgIpc) is 2.93. The molecule has 2 heterocycles. The summed E-state index contributed by atoms with van der Waals surface area (Å²) in [4.78, 5) is 7.07. The molecule has 0 atom stereocenters. The molecule has 0 radical (unpaired) electrons. The topological polar surface area (TPSA) is 33.4 Å². The highest BCUT2D eigenvalue weighted by molar-refractivity contribution is 6.18. The number of hydrogen-bond donors (Lipinski definition) is 0. The van der Waals surface area contributed by atoms with E-state index in [1.165, 1.54) is 32.1 Å². The number of fused-ring (bicyclic) bond motifs is 1. The molecule has 0 N–H and O–H groups in total. The van der Waals surface area contributed by atoms with Gasteiger partial charge in [0.05, 0.1) is 6.20 Å². The maximum Gasteiger partial charge on any atom is 0.157 e. The van der Waals surface area contributed by atoms with Gasteiger partial charge >= 0.3 is 0 Å². The molecule has 1 aliphatic rings. The lowest BCUT2D eigenvalue weighted by atomic mass is 9.94. The molecule has 0 aromatic carbocycles. The zero-order chi connectivity index (χ0) is 13.1. The third-order valence-electron chi connectivity index (χ3n) is 3.88. The van der Waals surface area contributed by atoms with Crippen LogP contribution in [0.3, 0.4) is 0 Å². The standard InChI is InChI=1S/C14H19ClN4/c15-8-11-18(12-4-2-1-3-5-12)13-7-10-19-14(17-13)6-9-16-19/h6-7,9-10,12H,1-5,8,11H2. The molecule has 1 saturated carbocycles. The summed E-state index contributed by atoms with van der Waals surface area (Å²) in [5.74, 6) is 1.67. The molecule has 19 heavy (non-hydrogen) atoms. The molecule has 0 amide bonds. The second-order valence-electron chi connectivity index (χ2n) is 5.09. The van der Waals surface area contributed by atoms with E-state index in [4.69, 9.17) is 16.6 Å². The summed E-state index contributed by atoms with van der Waals surface area (Å²) in [7, 11) is 0. The van der Waals surface area contributed by atoms with Gasteiger partial charge in [-0.15, -0.1) is 11.6 Å². The first-order chi connectivity index (χ1) is 9.38. The van der Waals surface area contributed by atoms with Gasteiger partial charge in [-0.2, -0.15) is 5.10 Å². The van der Waals surface area contributed by atoms with Crippen molar-refractivity contribution in [2.75, 3.05) is 17.3 Å².